The number of ether oxygens (including phenoxy) is 1. The van der Waals surface area contributed by atoms with Crippen molar-refractivity contribution >= 4 is 62.9 Å². The van der Waals surface area contributed by atoms with Crippen molar-refractivity contribution in [2.75, 3.05) is 36.4 Å². The number of amides is 1. The number of benzene rings is 3. The van der Waals surface area contributed by atoms with Gasteiger partial charge in [0.2, 0.25) is 5.43 Å². The molecule has 0 fully saturated rings. The van der Waals surface area contributed by atoms with E-state index in [4.69, 9.17) is 32.4 Å². The van der Waals surface area contributed by atoms with E-state index in [0.717, 1.165) is 11.3 Å². The van der Waals surface area contributed by atoms with Gasteiger partial charge >= 0.3 is 0 Å². The molecular formula is C26H23Cl2N3O4. The summed E-state index contributed by atoms with van der Waals surface area (Å²) in [5.74, 6) is 0.828. The zero-order valence-corrected chi connectivity index (χ0v) is 20.3. The second kappa shape index (κ2) is 11.7. The molecule has 0 radical (unpaired) electrons. The van der Waals surface area contributed by atoms with E-state index in [1.165, 1.54) is 6.21 Å². The van der Waals surface area contributed by atoms with Gasteiger partial charge in [-0.1, -0.05) is 30.3 Å². The average molecular weight is 512 g/mol. The molecule has 7 nitrogen and oxygen atoms in total. The number of hydrogen-bond donors (Lipinski definition) is 1. The van der Waals surface area contributed by atoms with Gasteiger partial charge in [0, 0.05) is 30.5 Å². The summed E-state index contributed by atoms with van der Waals surface area (Å²) in [4.78, 5) is 27.3. The third kappa shape index (κ3) is 5.93. The van der Waals surface area contributed by atoms with Crippen LogP contribution in [-0.2, 0) is 4.79 Å². The summed E-state index contributed by atoms with van der Waals surface area (Å²) in [6.07, 6.45) is 1.54. The second-order valence-corrected chi connectivity index (χ2v) is 8.35. The maximum atomic E-state index is 12.9. The fraction of sp³-hybridized carbons (Fsp3) is 0.192. The van der Waals surface area contributed by atoms with Crippen molar-refractivity contribution in [3.63, 3.8) is 0 Å². The molecule has 1 heterocycles. The molecule has 3 aromatic carbocycles. The van der Waals surface area contributed by atoms with E-state index in [-0.39, 0.29) is 17.8 Å². The normalized spacial score (nSPS) is 11.3. The number of halogens is 2. The lowest BCUT2D eigenvalue weighted by molar-refractivity contribution is -0.123. The van der Waals surface area contributed by atoms with Gasteiger partial charge in [0.15, 0.2) is 6.61 Å². The molecule has 1 aromatic heterocycles. The van der Waals surface area contributed by atoms with Gasteiger partial charge in [-0.3, -0.25) is 9.59 Å². The molecule has 0 spiro atoms. The van der Waals surface area contributed by atoms with E-state index >= 15 is 0 Å². The van der Waals surface area contributed by atoms with Crippen LogP contribution < -0.4 is 20.5 Å². The molecule has 0 unspecified atom stereocenters. The van der Waals surface area contributed by atoms with Crippen LogP contribution in [-0.4, -0.2) is 43.6 Å². The van der Waals surface area contributed by atoms with Crippen LogP contribution in [0.25, 0.3) is 21.9 Å². The molecule has 0 saturated heterocycles. The van der Waals surface area contributed by atoms with Crippen LogP contribution in [0.4, 0.5) is 5.69 Å². The minimum absolute atomic E-state index is 0.213. The number of rotatable bonds is 10. The Kier molecular flexibility index (Phi) is 8.23. The van der Waals surface area contributed by atoms with Crippen molar-refractivity contribution in [2.45, 2.75) is 0 Å². The number of fused-ring (bicyclic) bond motifs is 2. The molecule has 4 rings (SSSR count). The minimum Gasteiger partial charge on any atom is -0.483 e. The Bertz CT molecular complexity index is 1400. The molecule has 4 aromatic rings. The molecule has 1 amide bonds. The van der Waals surface area contributed by atoms with Crippen molar-refractivity contribution < 1.29 is 13.9 Å². The van der Waals surface area contributed by atoms with Gasteiger partial charge in [0.1, 0.15) is 22.3 Å². The quantitative estimate of drug-likeness (QED) is 0.143. The summed E-state index contributed by atoms with van der Waals surface area (Å²) >= 11 is 11.7. The topological polar surface area (TPSA) is 84.1 Å². The lowest BCUT2D eigenvalue weighted by atomic mass is 10.1. The maximum Gasteiger partial charge on any atom is 0.277 e. The summed E-state index contributed by atoms with van der Waals surface area (Å²) < 4.78 is 11.4. The second-order valence-electron chi connectivity index (χ2n) is 7.60. The predicted molar refractivity (Wildman–Crippen MR) is 141 cm³/mol. The lowest BCUT2D eigenvalue weighted by Gasteiger charge is -2.22. The monoisotopic (exact) mass is 511 g/mol. The van der Waals surface area contributed by atoms with Crippen LogP contribution in [0.2, 0.25) is 0 Å². The van der Waals surface area contributed by atoms with E-state index < -0.39 is 5.91 Å². The summed E-state index contributed by atoms with van der Waals surface area (Å²) in [5, 5.41) is 4.72. The Morgan fingerprint density at radius 2 is 1.69 bits per heavy atom. The molecule has 180 valence electrons. The molecule has 35 heavy (non-hydrogen) atoms. The number of nitrogens with one attached hydrogen (secondary N) is 1. The number of carbonyl (C=O) groups excluding carboxylic acids is 1. The van der Waals surface area contributed by atoms with Gasteiger partial charge in [0.05, 0.1) is 11.6 Å². The molecule has 0 saturated carbocycles. The van der Waals surface area contributed by atoms with Crippen molar-refractivity contribution in [2.24, 2.45) is 5.10 Å². The number of hydrogen-bond acceptors (Lipinski definition) is 6. The molecule has 0 bridgehead atoms. The highest BCUT2D eigenvalue weighted by Crippen LogP contribution is 2.26. The number of alkyl halides is 2. The van der Waals surface area contributed by atoms with Crippen LogP contribution in [0.5, 0.6) is 5.75 Å². The molecule has 0 aliphatic heterocycles. The number of hydrazone groups is 1. The molecule has 1 N–H and O–H groups in total. The van der Waals surface area contributed by atoms with E-state index in [2.05, 4.69) is 15.4 Å². The highest BCUT2D eigenvalue weighted by molar-refractivity contribution is 6.18. The largest absolute Gasteiger partial charge is 0.483 e. The summed E-state index contributed by atoms with van der Waals surface area (Å²) in [5.41, 5.74) is 4.92. The van der Waals surface area contributed by atoms with Gasteiger partial charge in [-0.25, -0.2) is 5.43 Å². The highest BCUT2D eigenvalue weighted by Gasteiger charge is 2.13. The Hall–Kier alpha value is -3.55. The maximum absolute atomic E-state index is 12.9. The molecule has 0 aliphatic rings. The number of para-hydroxylation sites is 1. The van der Waals surface area contributed by atoms with Crippen molar-refractivity contribution in [3.05, 3.63) is 82.5 Å². The average Bonchev–Trinajstić information content (AvgIpc) is 2.88. The first kappa shape index (κ1) is 24.6. The smallest absolute Gasteiger partial charge is 0.277 e. The van der Waals surface area contributed by atoms with E-state index in [0.29, 0.717) is 46.8 Å². The zero-order valence-electron chi connectivity index (χ0n) is 18.7. The predicted octanol–water partition coefficient (Wildman–Crippen LogP) is 4.76. The molecule has 0 atom stereocenters. The van der Waals surface area contributed by atoms with Crippen LogP contribution in [0.3, 0.4) is 0 Å². The van der Waals surface area contributed by atoms with Gasteiger partial charge < -0.3 is 14.1 Å². The Labute approximate surface area is 211 Å². The number of anilines is 1. The molecular weight excluding hydrogens is 489 g/mol. The molecule has 0 aliphatic carbocycles. The first-order valence-corrected chi connectivity index (χ1v) is 12.0. The highest BCUT2D eigenvalue weighted by atomic mass is 35.5. The zero-order chi connectivity index (χ0) is 24.6. The number of carbonyl (C=O) groups is 1. The van der Waals surface area contributed by atoms with E-state index in [1.54, 1.807) is 42.5 Å². The number of nitrogens with zero attached hydrogens (tertiary/aromatic N) is 2. The Balaban J connectivity index is 1.38. The third-order valence-corrected chi connectivity index (χ3v) is 5.63. The van der Waals surface area contributed by atoms with Crippen LogP contribution in [0, 0.1) is 0 Å². The third-order valence-electron chi connectivity index (χ3n) is 5.30. The van der Waals surface area contributed by atoms with Crippen LogP contribution >= 0.6 is 23.2 Å². The van der Waals surface area contributed by atoms with Gasteiger partial charge in [-0.05, 0) is 42.0 Å². The fourth-order valence-corrected chi connectivity index (χ4v) is 4.04. The summed E-state index contributed by atoms with van der Waals surface area (Å²) in [6, 6.07) is 19.7. The summed E-state index contributed by atoms with van der Waals surface area (Å²) in [7, 11) is 0. The Morgan fingerprint density at radius 1 is 0.971 bits per heavy atom. The van der Waals surface area contributed by atoms with Gasteiger partial charge in [-0.2, -0.15) is 5.10 Å². The van der Waals surface area contributed by atoms with Crippen molar-refractivity contribution in [1.82, 2.24) is 5.43 Å². The SMILES string of the molecule is O=C(COc1cccc2oc3ccccc3c(=O)c12)N/N=C\c1ccc(N(CCCl)CCCl)cc1. The van der Waals surface area contributed by atoms with Crippen LogP contribution in [0.15, 0.2) is 81.0 Å². The van der Waals surface area contributed by atoms with Crippen molar-refractivity contribution in [3.8, 4) is 5.75 Å². The molecule has 9 heteroatoms. The van der Waals surface area contributed by atoms with E-state index in [1.807, 2.05) is 24.3 Å². The standard InChI is InChI=1S/C26H23Cl2N3O4/c27-12-14-31(15-13-28)19-10-8-18(9-11-19)16-29-30-24(32)17-34-22-6-3-7-23-25(22)26(33)20-4-1-2-5-21(20)35-23/h1-11,16H,12-15,17H2,(H,30,32)/b29-16-. The minimum atomic E-state index is -0.463. The summed E-state index contributed by atoms with van der Waals surface area (Å²) in [6.45, 7) is 1.09. The lowest BCUT2D eigenvalue weighted by Crippen LogP contribution is -2.27. The Morgan fingerprint density at radius 3 is 2.43 bits per heavy atom. The fourth-order valence-electron chi connectivity index (χ4n) is 3.64. The van der Waals surface area contributed by atoms with Gasteiger partial charge in [0.25, 0.3) is 5.91 Å². The van der Waals surface area contributed by atoms with Crippen molar-refractivity contribution in [1.29, 1.82) is 0 Å². The first-order valence-electron chi connectivity index (χ1n) is 11.0. The van der Waals surface area contributed by atoms with Crippen LogP contribution in [0.1, 0.15) is 5.56 Å². The van der Waals surface area contributed by atoms with Gasteiger partial charge in [-0.15, -0.1) is 23.2 Å². The first-order chi connectivity index (χ1) is 17.1. The van der Waals surface area contributed by atoms with E-state index in [9.17, 15) is 9.59 Å².